The summed E-state index contributed by atoms with van der Waals surface area (Å²) >= 11 is 6.26. The molecule has 2 aromatic carbocycles. The highest BCUT2D eigenvalue weighted by molar-refractivity contribution is 6.31. The number of pyridine rings is 1. The molecule has 1 amide bonds. The number of carbonyl (C=O) groups excluding carboxylic acids is 1. The Morgan fingerprint density at radius 3 is 2.56 bits per heavy atom. The molecule has 0 radical (unpaired) electrons. The van der Waals surface area contributed by atoms with Crippen LogP contribution in [0.5, 0.6) is 0 Å². The maximum Gasteiger partial charge on any atom is 0.255 e. The summed E-state index contributed by atoms with van der Waals surface area (Å²) in [6.45, 7) is 6.08. The normalized spacial score (nSPS) is 11.4. The fourth-order valence-electron chi connectivity index (χ4n) is 3.22. The molecule has 0 bridgehead atoms. The molecular formula is C22H24ClN3O. The number of nitrogens with one attached hydrogen (secondary N) is 2. The number of aromatic nitrogens is 1. The van der Waals surface area contributed by atoms with Crippen molar-refractivity contribution in [1.29, 1.82) is 0 Å². The number of carbonyl (C=O) groups is 1. The molecule has 4 nitrogen and oxygen atoms in total. The Hall–Kier alpha value is -2.59. The highest BCUT2D eigenvalue weighted by atomic mass is 35.5. The minimum absolute atomic E-state index is 0.143. The standard InChI is InChI=1S/C22H24ClN3O/c1-4-22(5-2,25-20-12-8-11-19(23)15(20)3)26-21(27)18-14-24-13-16-9-6-7-10-17(16)18/h6-14,25H,4-5H2,1-3H3,(H,26,27). The molecule has 5 heteroatoms. The minimum atomic E-state index is -0.580. The molecule has 0 saturated carbocycles. The Balaban J connectivity index is 1.93. The molecular weight excluding hydrogens is 358 g/mol. The van der Waals surface area contributed by atoms with Crippen LogP contribution >= 0.6 is 11.6 Å². The Morgan fingerprint density at radius 2 is 1.81 bits per heavy atom. The predicted molar refractivity (Wildman–Crippen MR) is 112 cm³/mol. The molecule has 0 atom stereocenters. The van der Waals surface area contributed by atoms with Gasteiger partial charge in [-0.1, -0.05) is 55.8 Å². The van der Waals surface area contributed by atoms with E-state index in [1.54, 1.807) is 12.4 Å². The lowest BCUT2D eigenvalue weighted by Crippen LogP contribution is -2.53. The zero-order valence-corrected chi connectivity index (χ0v) is 16.6. The third-order valence-electron chi connectivity index (χ3n) is 5.11. The number of nitrogens with zero attached hydrogens (tertiary/aromatic N) is 1. The highest BCUT2D eigenvalue weighted by Gasteiger charge is 2.29. The Labute approximate surface area is 165 Å². The van der Waals surface area contributed by atoms with Gasteiger partial charge in [-0.3, -0.25) is 9.78 Å². The maximum atomic E-state index is 13.1. The number of rotatable bonds is 6. The van der Waals surface area contributed by atoms with Gasteiger partial charge in [-0.15, -0.1) is 0 Å². The molecule has 3 aromatic rings. The second-order valence-electron chi connectivity index (χ2n) is 6.69. The minimum Gasteiger partial charge on any atom is -0.363 e. The smallest absolute Gasteiger partial charge is 0.255 e. The quantitative estimate of drug-likeness (QED) is 0.550. The first kappa shape index (κ1) is 19.2. The van der Waals surface area contributed by atoms with Crippen molar-refractivity contribution in [2.75, 3.05) is 5.32 Å². The van der Waals surface area contributed by atoms with Crippen molar-refractivity contribution in [3.05, 3.63) is 71.0 Å². The number of anilines is 1. The predicted octanol–water partition coefficient (Wildman–Crippen LogP) is 5.55. The molecule has 1 aromatic heterocycles. The summed E-state index contributed by atoms with van der Waals surface area (Å²) in [4.78, 5) is 17.3. The van der Waals surface area contributed by atoms with E-state index < -0.39 is 5.66 Å². The maximum absolute atomic E-state index is 13.1. The summed E-state index contributed by atoms with van der Waals surface area (Å²) in [6.07, 6.45) is 4.84. The van der Waals surface area contributed by atoms with Crippen molar-refractivity contribution >= 4 is 34.0 Å². The van der Waals surface area contributed by atoms with E-state index in [9.17, 15) is 4.79 Å². The van der Waals surface area contributed by atoms with Crippen molar-refractivity contribution in [1.82, 2.24) is 10.3 Å². The van der Waals surface area contributed by atoms with Crippen LogP contribution in [0.15, 0.2) is 54.9 Å². The monoisotopic (exact) mass is 381 g/mol. The molecule has 3 rings (SSSR count). The van der Waals surface area contributed by atoms with Crippen LogP contribution in [-0.2, 0) is 0 Å². The van der Waals surface area contributed by atoms with Crippen LogP contribution < -0.4 is 10.6 Å². The number of hydrogen-bond acceptors (Lipinski definition) is 3. The van der Waals surface area contributed by atoms with Crippen LogP contribution in [0.4, 0.5) is 5.69 Å². The second-order valence-corrected chi connectivity index (χ2v) is 7.10. The summed E-state index contributed by atoms with van der Waals surface area (Å²) in [5.74, 6) is -0.143. The van der Waals surface area contributed by atoms with Crippen LogP contribution in [-0.4, -0.2) is 16.6 Å². The van der Waals surface area contributed by atoms with E-state index in [-0.39, 0.29) is 5.91 Å². The first-order valence-electron chi connectivity index (χ1n) is 9.18. The van der Waals surface area contributed by atoms with Crippen LogP contribution in [0.25, 0.3) is 10.8 Å². The second kappa shape index (κ2) is 7.97. The number of amides is 1. The third kappa shape index (κ3) is 3.91. The van der Waals surface area contributed by atoms with Gasteiger partial charge >= 0.3 is 0 Å². The topological polar surface area (TPSA) is 54.0 Å². The van der Waals surface area contributed by atoms with Gasteiger partial charge in [-0.05, 0) is 42.8 Å². The van der Waals surface area contributed by atoms with Gasteiger partial charge in [0.15, 0.2) is 0 Å². The average molecular weight is 382 g/mol. The van der Waals surface area contributed by atoms with Crippen LogP contribution in [0.2, 0.25) is 5.02 Å². The van der Waals surface area contributed by atoms with Crippen molar-refractivity contribution in [3.8, 4) is 0 Å². The highest BCUT2D eigenvalue weighted by Crippen LogP contribution is 2.28. The lowest BCUT2D eigenvalue weighted by atomic mass is 10.00. The van der Waals surface area contributed by atoms with Crippen LogP contribution in [0.1, 0.15) is 42.6 Å². The summed E-state index contributed by atoms with van der Waals surface area (Å²) < 4.78 is 0. The van der Waals surface area contributed by atoms with Gasteiger partial charge in [0.05, 0.1) is 5.56 Å². The van der Waals surface area contributed by atoms with Crippen LogP contribution in [0, 0.1) is 6.92 Å². The van der Waals surface area contributed by atoms with Gasteiger partial charge in [0.1, 0.15) is 5.66 Å². The molecule has 0 aliphatic heterocycles. The number of hydrogen-bond donors (Lipinski definition) is 2. The lowest BCUT2D eigenvalue weighted by Gasteiger charge is -2.35. The van der Waals surface area contributed by atoms with E-state index in [1.807, 2.05) is 49.4 Å². The first-order valence-corrected chi connectivity index (χ1v) is 9.56. The molecule has 0 aliphatic carbocycles. The van der Waals surface area contributed by atoms with Gasteiger partial charge in [-0.25, -0.2) is 0 Å². The van der Waals surface area contributed by atoms with E-state index >= 15 is 0 Å². The average Bonchev–Trinajstić information content (AvgIpc) is 2.70. The largest absolute Gasteiger partial charge is 0.363 e. The molecule has 2 N–H and O–H groups in total. The first-order chi connectivity index (χ1) is 13.0. The SMILES string of the molecule is CCC(CC)(NC(=O)c1cncc2ccccc12)Nc1cccc(Cl)c1C. The van der Waals surface area contributed by atoms with Crippen molar-refractivity contribution in [3.63, 3.8) is 0 Å². The Morgan fingerprint density at radius 1 is 1.07 bits per heavy atom. The van der Waals surface area contributed by atoms with Gasteiger partial charge < -0.3 is 10.6 Å². The molecule has 0 aliphatic rings. The Kier molecular flexibility index (Phi) is 5.66. The molecule has 27 heavy (non-hydrogen) atoms. The van der Waals surface area contributed by atoms with E-state index in [4.69, 9.17) is 11.6 Å². The van der Waals surface area contributed by atoms with Crippen LogP contribution in [0.3, 0.4) is 0 Å². The summed E-state index contributed by atoms with van der Waals surface area (Å²) in [5.41, 5.74) is 1.88. The summed E-state index contributed by atoms with van der Waals surface area (Å²) in [6, 6.07) is 13.5. The van der Waals surface area contributed by atoms with Gasteiger partial charge in [0.2, 0.25) is 0 Å². The summed E-state index contributed by atoms with van der Waals surface area (Å²) in [7, 11) is 0. The zero-order chi connectivity index (χ0) is 19.4. The van der Waals surface area contributed by atoms with Crippen molar-refractivity contribution in [2.24, 2.45) is 0 Å². The van der Waals surface area contributed by atoms with Gasteiger partial charge in [-0.2, -0.15) is 0 Å². The summed E-state index contributed by atoms with van der Waals surface area (Å²) in [5, 5.41) is 9.25. The van der Waals surface area contributed by atoms with Crippen molar-refractivity contribution < 1.29 is 4.79 Å². The number of halogens is 1. The van der Waals surface area contributed by atoms with E-state index in [0.717, 1.165) is 34.9 Å². The van der Waals surface area contributed by atoms with E-state index in [1.165, 1.54) is 0 Å². The fraction of sp³-hybridized carbons (Fsp3) is 0.273. The molecule has 0 fully saturated rings. The molecule has 0 unspecified atom stereocenters. The van der Waals surface area contributed by atoms with E-state index in [2.05, 4.69) is 29.5 Å². The van der Waals surface area contributed by atoms with E-state index in [0.29, 0.717) is 10.6 Å². The molecule has 0 spiro atoms. The molecule has 1 heterocycles. The molecule has 140 valence electrons. The van der Waals surface area contributed by atoms with Gasteiger partial charge in [0.25, 0.3) is 5.91 Å². The van der Waals surface area contributed by atoms with Gasteiger partial charge in [0, 0.05) is 28.5 Å². The molecule has 0 saturated heterocycles. The number of benzene rings is 2. The fourth-order valence-corrected chi connectivity index (χ4v) is 3.39. The Bertz CT molecular complexity index is 961. The zero-order valence-electron chi connectivity index (χ0n) is 15.8. The lowest BCUT2D eigenvalue weighted by molar-refractivity contribution is 0.0906. The number of fused-ring (bicyclic) bond motifs is 1. The van der Waals surface area contributed by atoms with Crippen molar-refractivity contribution in [2.45, 2.75) is 39.3 Å². The third-order valence-corrected chi connectivity index (χ3v) is 5.52.